The third-order valence-corrected chi connectivity index (χ3v) is 7.29. The Balaban J connectivity index is 1.60. The lowest BCUT2D eigenvalue weighted by molar-refractivity contribution is -0.131. The van der Waals surface area contributed by atoms with E-state index in [2.05, 4.69) is 45.0 Å². The minimum absolute atomic E-state index is 0.0785. The molecule has 3 heterocycles. The van der Waals surface area contributed by atoms with Crippen LogP contribution in [0.3, 0.4) is 0 Å². The summed E-state index contributed by atoms with van der Waals surface area (Å²) < 4.78 is 1.50. The molecule has 4 N–H and O–H groups in total. The van der Waals surface area contributed by atoms with Gasteiger partial charge in [0.1, 0.15) is 6.04 Å². The van der Waals surface area contributed by atoms with Gasteiger partial charge in [-0.3, -0.25) is 14.4 Å². The summed E-state index contributed by atoms with van der Waals surface area (Å²) in [6, 6.07) is 7.08. The van der Waals surface area contributed by atoms with Gasteiger partial charge in [0.15, 0.2) is 0 Å². The van der Waals surface area contributed by atoms with Crippen LogP contribution in [0.5, 0.6) is 0 Å². The Morgan fingerprint density at radius 3 is 2.54 bits per heavy atom. The minimum Gasteiger partial charge on any atom is -0.394 e. The first-order valence-corrected chi connectivity index (χ1v) is 13.0. The molecule has 2 aromatic rings. The summed E-state index contributed by atoms with van der Waals surface area (Å²) in [7, 11) is 0. The van der Waals surface area contributed by atoms with Crippen LogP contribution in [0.15, 0.2) is 30.5 Å². The quantitative estimate of drug-likeness (QED) is 0.440. The van der Waals surface area contributed by atoms with Gasteiger partial charge in [-0.05, 0) is 37.8 Å². The van der Waals surface area contributed by atoms with Crippen molar-refractivity contribution < 1.29 is 19.5 Å². The van der Waals surface area contributed by atoms with Crippen LogP contribution in [-0.4, -0.2) is 80.0 Å². The van der Waals surface area contributed by atoms with E-state index >= 15 is 0 Å². The number of rotatable bonds is 5. The van der Waals surface area contributed by atoms with Crippen LogP contribution < -0.4 is 16.0 Å². The zero-order chi connectivity index (χ0) is 26.4. The smallest absolute Gasteiger partial charge is 0.243 e. The first kappa shape index (κ1) is 26.7. The Kier molecular flexibility index (Phi) is 8.55. The monoisotopic (exact) mass is 511 g/mol. The Labute approximate surface area is 217 Å². The molecule has 4 rings (SSSR count). The minimum atomic E-state index is -0.858. The lowest BCUT2D eigenvalue weighted by Gasteiger charge is -2.43. The van der Waals surface area contributed by atoms with Crippen molar-refractivity contribution in [2.75, 3.05) is 19.7 Å². The van der Waals surface area contributed by atoms with E-state index in [-0.39, 0.29) is 50.1 Å². The summed E-state index contributed by atoms with van der Waals surface area (Å²) in [6.07, 6.45) is 3.39. The van der Waals surface area contributed by atoms with E-state index in [1.54, 1.807) is 6.20 Å². The van der Waals surface area contributed by atoms with E-state index in [4.69, 9.17) is 5.11 Å². The molecule has 1 aromatic heterocycles. The fourth-order valence-electron chi connectivity index (χ4n) is 5.15. The fourth-order valence-corrected chi connectivity index (χ4v) is 5.15. The average molecular weight is 512 g/mol. The van der Waals surface area contributed by atoms with Gasteiger partial charge in [-0.15, -0.1) is 5.10 Å². The van der Waals surface area contributed by atoms with Crippen LogP contribution in [0.25, 0.3) is 0 Å². The number of fused-ring (bicyclic) bond motifs is 1. The first-order valence-electron chi connectivity index (χ1n) is 13.0. The topological polar surface area (TPSA) is 141 Å². The number of carbonyl (C=O) groups excluding carboxylic acids is 3. The predicted octanol–water partition coefficient (Wildman–Crippen LogP) is -0.0805. The molecule has 1 saturated heterocycles. The second kappa shape index (κ2) is 11.8. The maximum absolute atomic E-state index is 13.3. The molecule has 37 heavy (non-hydrogen) atoms. The maximum Gasteiger partial charge on any atom is 0.243 e. The van der Waals surface area contributed by atoms with Gasteiger partial charge in [0.25, 0.3) is 0 Å². The molecule has 2 aliphatic heterocycles. The number of piperidine rings is 1. The first-order chi connectivity index (χ1) is 17.8. The molecule has 1 aromatic carbocycles. The molecule has 2 aliphatic rings. The second-order valence-electron chi connectivity index (χ2n) is 10.3. The molecule has 11 nitrogen and oxygen atoms in total. The second-order valence-corrected chi connectivity index (χ2v) is 10.3. The molecule has 0 bridgehead atoms. The molecule has 200 valence electrons. The molecular formula is C26H37N7O4. The molecule has 0 radical (unpaired) electrons. The molecule has 0 saturated carbocycles. The normalized spacial score (nSPS) is 21.3. The van der Waals surface area contributed by atoms with Crippen molar-refractivity contribution in [3.63, 3.8) is 0 Å². The van der Waals surface area contributed by atoms with E-state index in [1.807, 2.05) is 24.3 Å². The van der Waals surface area contributed by atoms with E-state index in [1.165, 1.54) is 4.68 Å². The third kappa shape index (κ3) is 6.92. The number of nitrogens with zero attached hydrogens (tertiary/aromatic N) is 4. The lowest BCUT2D eigenvalue weighted by atomic mass is 9.83. The number of hydrogen-bond donors (Lipinski definition) is 4. The van der Waals surface area contributed by atoms with Crippen molar-refractivity contribution >= 4 is 17.7 Å². The van der Waals surface area contributed by atoms with Crippen LogP contribution in [-0.2, 0) is 40.3 Å². The Morgan fingerprint density at radius 2 is 1.84 bits per heavy atom. The largest absolute Gasteiger partial charge is 0.394 e. The fraction of sp³-hybridized carbons (Fsp3) is 0.577. The highest BCUT2D eigenvalue weighted by atomic mass is 16.3. The van der Waals surface area contributed by atoms with E-state index in [0.717, 1.165) is 24.2 Å². The van der Waals surface area contributed by atoms with Gasteiger partial charge in [-0.2, -0.15) is 0 Å². The van der Waals surface area contributed by atoms with Crippen LogP contribution in [0, 0.1) is 0 Å². The zero-order valence-electron chi connectivity index (χ0n) is 21.6. The summed E-state index contributed by atoms with van der Waals surface area (Å²) in [5, 5.41) is 26.2. The van der Waals surface area contributed by atoms with Crippen molar-refractivity contribution in [2.45, 2.75) is 76.7 Å². The molecule has 0 unspecified atom stereocenters. The van der Waals surface area contributed by atoms with Crippen LogP contribution in [0.1, 0.15) is 49.9 Å². The van der Waals surface area contributed by atoms with E-state index < -0.39 is 11.6 Å². The SMILES string of the molecule is CC(C)N1CCC2(CC1)CC(=O)N[C@H](Cc1cn(CCO)nn1)C(=O)NCc1ccccc1CC(=O)N2. The molecule has 0 aliphatic carbocycles. The number of nitrogens with one attached hydrogen (secondary N) is 3. The van der Waals surface area contributed by atoms with Crippen molar-refractivity contribution in [2.24, 2.45) is 0 Å². The molecule has 1 atom stereocenters. The summed E-state index contributed by atoms with van der Waals surface area (Å²) in [4.78, 5) is 42.1. The summed E-state index contributed by atoms with van der Waals surface area (Å²) >= 11 is 0. The summed E-state index contributed by atoms with van der Waals surface area (Å²) in [5.41, 5.74) is 1.55. The third-order valence-electron chi connectivity index (χ3n) is 7.29. The number of amides is 3. The van der Waals surface area contributed by atoms with Crippen molar-refractivity contribution in [1.29, 1.82) is 0 Å². The van der Waals surface area contributed by atoms with Crippen LogP contribution in [0.4, 0.5) is 0 Å². The zero-order valence-corrected chi connectivity index (χ0v) is 21.6. The average Bonchev–Trinajstić information content (AvgIpc) is 3.29. The number of hydrogen-bond acceptors (Lipinski definition) is 7. The van der Waals surface area contributed by atoms with Crippen LogP contribution in [0.2, 0.25) is 0 Å². The molecule has 11 heteroatoms. The lowest BCUT2D eigenvalue weighted by Crippen LogP contribution is -2.59. The highest BCUT2D eigenvalue weighted by Crippen LogP contribution is 2.28. The Hall–Kier alpha value is -3.31. The van der Waals surface area contributed by atoms with E-state index in [0.29, 0.717) is 31.1 Å². The molecule has 1 fully saturated rings. The summed E-state index contributed by atoms with van der Waals surface area (Å²) in [6.45, 7) is 6.29. The number of aliphatic hydroxyl groups is 1. The number of likely N-dealkylation sites (tertiary alicyclic amines) is 1. The van der Waals surface area contributed by atoms with Gasteiger partial charge in [-0.25, -0.2) is 4.68 Å². The number of aliphatic hydroxyl groups excluding tert-OH is 1. The van der Waals surface area contributed by atoms with E-state index in [9.17, 15) is 14.4 Å². The van der Waals surface area contributed by atoms with Crippen molar-refractivity contribution in [1.82, 2.24) is 35.8 Å². The van der Waals surface area contributed by atoms with Gasteiger partial charge in [0.05, 0.1) is 30.8 Å². The number of aromatic nitrogens is 3. The Bertz CT molecular complexity index is 1110. The summed E-state index contributed by atoms with van der Waals surface area (Å²) in [5.74, 6) is -0.749. The number of carbonyl (C=O) groups is 3. The standard InChI is InChI=1S/C26H37N7O4/c1-18(2)32-9-7-26(8-10-32)15-24(36)28-22(14-21-17-33(11-12-34)31-30-21)25(37)27-16-20-6-4-3-5-19(20)13-23(35)29-26/h3-6,17-18,22,34H,7-16H2,1-2H3,(H,27,37)(H,28,36)(H,29,35)/t22-/m1/s1. The highest BCUT2D eigenvalue weighted by molar-refractivity contribution is 5.89. The Morgan fingerprint density at radius 1 is 1.11 bits per heavy atom. The van der Waals surface area contributed by atoms with Crippen molar-refractivity contribution in [3.05, 3.63) is 47.3 Å². The van der Waals surface area contributed by atoms with Gasteiger partial charge >= 0.3 is 0 Å². The van der Waals surface area contributed by atoms with Gasteiger partial charge in [0.2, 0.25) is 17.7 Å². The predicted molar refractivity (Wildman–Crippen MR) is 136 cm³/mol. The van der Waals surface area contributed by atoms with Gasteiger partial charge < -0.3 is 26.0 Å². The molecule has 3 amide bonds. The van der Waals surface area contributed by atoms with Crippen molar-refractivity contribution in [3.8, 4) is 0 Å². The molecular weight excluding hydrogens is 474 g/mol. The highest BCUT2D eigenvalue weighted by Gasteiger charge is 2.39. The van der Waals surface area contributed by atoms with Gasteiger partial charge in [0, 0.05) is 44.7 Å². The number of benzene rings is 1. The molecule has 1 spiro atoms. The van der Waals surface area contributed by atoms with Gasteiger partial charge in [-0.1, -0.05) is 29.5 Å². The van der Waals surface area contributed by atoms with Crippen LogP contribution >= 0.6 is 0 Å². The maximum atomic E-state index is 13.3.